The smallest absolute Gasteiger partial charge is 0.352 e. The topological polar surface area (TPSA) is 97.3 Å². The van der Waals surface area contributed by atoms with Crippen LogP contribution >= 0.6 is 0 Å². The fourth-order valence-corrected chi connectivity index (χ4v) is 4.36. The number of aryl methyl sites for hydroxylation is 1. The number of carbonyl (C=O) groups excluding carboxylic acids is 2. The van der Waals surface area contributed by atoms with Crippen molar-refractivity contribution in [2.24, 2.45) is 13.0 Å². The van der Waals surface area contributed by atoms with E-state index in [9.17, 15) is 31.2 Å². The summed E-state index contributed by atoms with van der Waals surface area (Å²) in [5.74, 6) is -1.98. The zero-order chi connectivity index (χ0) is 26.0. The van der Waals surface area contributed by atoms with Crippen LogP contribution in [0.4, 0.5) is 13.2 Å². The first kappa shape index (κ1) is 26.3. The molecule has 0 saturated heterocycles. The van der Waals surface area contributed by atoms with Crippen molar-refractivity contribution in [3.63, 3.8) is 0 Å². The van der Waals surface area contributed by atoms with Crippen LogP contribution in [0.15, 0.2) is 48.7 Å². The summed E-state index contributed by atoms with van der Waals surface area (Å²) in [7, 11) is -1.91. The van der Waals surface area contributed by atoms with E-state index in [0.29, 0.717) is 17.5 Å². The lowest BCUT2D eigenvalue weighted by Gasteiger charge is -2.15. The summed E-state index contributed by atoms with van der Waals surface area (Å²) in [6.07, 6.45) is -2.24. The van der Waals surface area contributed by atoms with E-state index in [1.165, 1.54) is 13.0 Å². The number of benzene rings is 2. The lowest BCUT2D eigenvalue weighted by molar-refractivity contribution is -0.142. The minimum Gasteiger partial charge on any atom is -0.352 e. The molecule has 1 heterocycles. The van der Waals surface area contributed by atoms with Crippen LogP contribution < -0.4 is 10.0 Å². The van der Waals surface area contributed by atoms with E-state index in [4.69, 9.17) is 0 Å². The highest BCUT2D eigenvalue weighted by Gasteiger charge is 2.30. The van der Waals surface area contributed by atoms with Gasteiger partial charge in [-0.05, 0) is 41.3 Å². The third-order valence-corrected chi connectivity index (χ3v) is 6.00. The van der Waals surface area contributed by atoms with Crippen LogP contribution in [0.25, 0.3) is 10.9 Å². The van der Waals surface area contributed by atoms with Gasteiger partial charge >= 0.3 is 6.18 Å². The van der Waals surface area contributed by atoms with Gasteiger partial charge in [0, 0.05) is 54.7 Å². The van der Waals surface area contributed by atoms with E-state index < -0.39 is 40.4 Å². The highest BCUT2D eigenvalue weighted by molar-refractivity contribution is 7.89. The van der Waals surface area contributed by atoms with Gasteiger partial charge in [0.15, 0.2) is 0 Å². The lowest BCUT2D eigenvalue weighted by atomic mass is 9.98. The number of rotatable bonds is 8. The average molecular weight is 510 g/mol. The Hall–Kier alpha value is -3.34. The summed E-state index contributed by atoms with van der Waals surface area (Å²) < 4.78 is 64.5. The number of amides is 2. The van der Waals surface area contributed by atoms with Gasteiger partial charge in [-0.3, -0.25) is 9.59 Å². The largest absolute Gasteiger partial charge is 0.389 e. The van der Waals surface area contributed by atoms with E-state index in [-0.39, 0.29) is 12.1 Å². The highest BCUT2D eigenvalue weighted by atomic mass is 32.2. The molecule has 0 fully saturated rings. The van der Waals surface area contributed by atoms with E-state index in [0.717, 1.165) is 22.7 Å². The molecule has 1 unspecified atom stereocenters. The van der Waals surface area contributed by atoms with Gasteiger partial charge in [-0.2, -0.15) is 13.2 Å². The molecule has 0 aliphatic carbocycles. The molecule has 0 spiro atoms. The van der Waals surface area contributed by atoms with E-state index >= 15 is 0 Å². The van der Waals surface area contributed by atoms with Crippen molar-refractivity contribution in [1.29, 1.82) is 0 Å². The predicted molar refractivity (Wildman–Crippen MR) is 127 cm³/mol. The molecule has 0 radical (unpaired) electrons. The molecule has 35 heavy (non-hydrogen) atoms. The van der Waals surface area contributed by atoms with Crippen LogP contribution in [0, 0.1) is 5.92 Å². The van der Waals surface area contributed by atoms with Crippen LogP contribution in [0.2, 0.25) is 0 Å². The first-order chi connectivity index (χ1) is 16.2. The van der Waals surface area contributed by atoms with Crippen LogP contribution in [0.5, 0.6) is 0 Å². The first-order valence-electron chi connectivity index (χ1n) is 10.8. The number of halogens is 3. The molecule has 1 aromatic heterocycles. The summed E-state index contributed by atoms with van der Waals surface area (Å²) in [5.41, 5.74) is 2.72. The number of alkyl halides is 3. The maximum absolute atomic E-state index is 12.6. The Labute approximate surface area is 201 Å². The summed E-state index contributed by atoms with van der Waals surface area (Å²) in [6.45, 7) is 1.31. The van der Waals surface area contributed by atoms with E-state index in [1.54, 1.807) is 36.4 Å². The normalized spacial score (nSPS) is 13.0. The number of aromatic nitrogens is 1. The standard InChI is InChI=1S/C24H26F3N3O4S/c1-15(12-24(25,26)27)13-28-22(31)17-8-9-21-20(11-17)18(14-30(21)2)10-16-6-4-5-7-19(16)23(32)29-35(3,33)34/h4-9,11,14-15H,10,12-13H2,1-3H3,(H,28,31)(H,29,32). The number of sulfonamides is 1. The van der Waals surface area contributed by atoms with Crippen LogP contribution in [0.1, 0.15) is 45.2 Å². The highest BCUT2D eigenvalue weighted by Crippen LogP contribution is 2.27. The van der Waals surface area contributed by atoms with E-state index in [1.807, 2.05) is 22.5 Å². The van der Waals surface area contributed by atoms with Gasteiger partial charge in [0.2, 0.25) is 10.0 Å². The first-order valence-corrected chi connectivity index (χ1v) is 12.7. The monoisotopic (exact) mass is 509 g/mol. The molecular weight excluding hydrogens is 483 g/mol. The van der Waals surface area contributed by atoms with Crippen molar-refractivity contribution in [2.75, 3.05) is 12.8 Å². The Kier molecular flexibility index (Phi) is 7.59. The third-order valence-electron chi connectivity index (χ3n) is 5.45. The minimum absolute atomic E-state index is 0.110. The average Bonchev–Trinajstić information content (AvgIpc) is 3.04. The van der Waals surface area contributed by atoms with Crippen molar-refractivity contribution in [1.82, 2.24) is 14.6 Å². The molecule has 0 aliphatic heterocycles. The Morgan fingerprint density at radius 3 is 2.40 bits per heavy atom. The molecule has 3 rings (SSSR count). The van der Waals surface area contributed by atoms with Crippen LogP contribution in [-0.4, -0.2) is 43.8 Å². The maximum Gasteiger partial charge on any atom is 0.389 e. The number of carbonyl (C=O) groups is 2. The molecule has 0 bridgehead atoms. The fraction of sp³-hybridized carbons (Fsp3) is 0.333. The minimum atomic E-state index is -4.30. The fourth-order valence-electron chi connectivity index (χ4n) is 3.92. The maximum atomic E-state index is 12.6. The van der Waals surface area contributed by atoms with Crippen molar-refractivity contribution in [3.05, 3.63) is 70.9 Å². The molecule has 2 N–H and O–H groups in total. The number of fused-ring (bicyclic) bond motifs is 1. The van der Waals surface area contributed by atoms with Gasteiger partial charge in [-0.15, -0.1) is 0 Å². The second-order valence-electron chi connectivity index (χ2n) is 8.67. The lowest BCUT2D eigenvalue weighted by Crippen LogP contribution is -2.30. The van der Waals surface area contributed by atoms with Crippen molar-refractivity contribution < 1.29 is 31.2 Å². The Bertz CT molecular complexity index is 1360. The predicted octanol–water partition coefficient (Wildman–Crippen LogP) is 3.78. The Morgan fingerprint density at radius 1 is 1.06 bits per heavy atom. The molecule has 188 valence electrons. The summed E-state index contributed by atoms with van der Waals surface area (Å²) in [6, 6.07) is 11.6. The van der Waals surface area contributed by atoms with Crippen LogP contribution in [0.3, 0.4) is 0 Å². The number of nitrogens with zero attached hydrogens (tertiary/aromatic N) is 1. The molecule has 0 aliphatic rings. The van der Waals surface area contributed by atoms with Gasteiger partial charge in [0.05, 0.1) is 6.26 Å². The van der Waals surface area contributed by atoms with Crippen LogP contribution in [-0.2, 0) is 23.5 Å². The number of hydrogen-bond donors (Lipinski definition) is 2. The summed E-state index contributed by atoms with van der Waals surface area (Å²) in [4.78, 5) is 25.1. The molecule has 0 saturated carbocycles. The van der Waals surface area contributed by atoms with Crippen molar-refractivity contribution in [3.8, 4) is 0 Å². The van der Waals surface area contributed by atoms with Gasteiger partial charge < -0.3 is 9.88 Å². The molecule has 7 nitrogen and oxygen atoms in total. The Morgan fingerprint density at radius 2 is 1.74 bits per heavy atom. The molecule has 2 amide bonds. The van der Waals surface area contributed by atoms with Gasteiger partial charge in [-0.1, -0.05) is 25.1 Å². The van der Waals surface area contributed by atoms with Crippen molar-refractivity contribution >= 4 is 32.7 Å². The molecule has 1 atom stereocenters. The number of nitrogens with one attached hydrogen (secondary N) is 2. The second-order valence-corrected chi connectivity index (χ2v) is 10.4. The second kappa shape index (κ2) is 10.1. The van der Waals surface area contributed by atoms with Gasteiger partial charge in [0.1, 0.15) is 0 Å². The quantitative estimate of drug-likeness (QED) is 0.483. The zero-order valence-electron chi connectivity index (χ0n) is 19.4. The number of hydrogen-bond acceptors (Lipinski definition) is 4. The molecular formula is C24H26F3N3O4S. The Balaban J connectivity index is 1.86. The summed E-state index contributed by atoms with van der Waals surface area (Å²) >= 11 is 0. The SMILES string of the molecule is CC(CNC(=O)c1ccc2c(c1)c(Cc1ccccc1C(=O)NS(C)(=O)=O)cn2C)CC(F)(F)F. The molecule has 11 heteroatoms. The van der Waals surface area contributed by atoms with E-state index in [2.05, 4.69) is 5.32 Å². The zero-order valence-corrected chi connectivity index (χ0v) is 20.3. The van der Waals surface area contributed by atoms with Gasteiger partial charge in [0.25, 0.3) is 11.8 Å². The molecule has 3 aromatic rings. The van der Waals surface area contributed by atoms with Gasteiger partial charge in [-0.25, -0.2) is 13.1 Å². The van der Waals surface area contributed by atoms with Crippen molar-refractivity contribution in [2.45, 2.75) is 25.9 Å². The molecule has 2 aromatic carbocycles. The third kappa shape index (κ3) is 7.08. The summed E-state index contributed by atoms with van der Waals surface area (Å²) in [5, 5.41) is 3.29.